The Morgan fingerprint density at radius 3 is 2.30 bits per heavy atom. The lowest BCUT2D eigenvalue weighted by atomic mass is 9.83. The summed E-state index contributed by atoms with van der Waals surface area (Å²) in [5.74, 6) is 1.01. The number of rotatable bonds is 3. The first-order chi connectivity index (χ1) is 9.76. The maximum atomic E-state index is 4.50. The Hall–Kier alpha value is -0.830. The van der Waals surface area contributed by atoms with E-state index in [-0.39, 0.29) is 0 Å². The molecule has 0 aromatic carbocycles. The predicted molar refractivity (Wildman–Crippen MR) is 82.8 cm³/mol. The number of aryl methyl sites for hydroxylation is 1. The standard InChI is InChI=1S/C17H29N3/c1-3-15-4-6-16(7-5-15)19-10-8-17(9-11-19)20-13-14(2)12-18-20/h12-13,15-17H,3-11H2,1-2H3. The molecule has 0 unspecified atom stereocenters. The topological polar surface area (TPSA) is 21.1 Å². The molecular weight excluding hydrogens is 246 g/mol. The van der Waals surface area contributed by atoms with Gasteiger partial charge in [-0.1, -0.05) is 13.3 Å². The summed E-state index contributed by atoms with van der Waals surface area (Å²) in [5, 5.41) is 4.50. The molecule has 0 radical (unpaired) electrons. The number of piperidine rings is 1. The van der Waals surface area contributed by atoms with Crippen molar-refractivity contribution in [1.29, 1.82) is 0 Å². The van der Waals surface area contributed by atoms with Crippen molar-refractivity contribution in [3.8, 4) is 0 Å². The average molecular weight is 275 g/mol. The number of hydrogen-bond donors (Lipinski definition) is 0. The fourth-order valence-corrected chi connectivity index (χ4v) is 4.07. The first kappa shape index (κ1) is 14.1. The van der Waals surface area contributed by atoms with E-state index in [0.29, 0.717) is 6.04 Å². The number of hydrogen-bond acceptors (Lipinski definition) is 2. The van der Waals surface area contributed by atoms with Crippen LogP contribution in [-0.4, -0.2) is 33.8 Å². The van der Waals surface area contributed by atoms with Gasteiger partial charge in [0.25, 0.3) is 0 Å². The van der Waals surface area contributed by atoms with Gasteiger partial charge < -0.3 is 4.90 Å². The van der Waals surface area contributed by atoms with Crippen molar-refractivity contribution < 1.29 is 0 Å². The molecule has 2 aliphatic rings. The fourth-order valence-electron chi connectivity index (χ4n) is 4.07. The lowest BCUT2D eigenvalue weighted by Crippen LogP contribution is -2.43. The molecule has 0 N–H and O–H groups in total. The SMILES string of the molecule is CCC1CCC(N2CCC(n3cc(C)cn3)CC2)CC1. The molecule has 20 heavy (non-hydrogen) atoms. The number of nitrogens with zero attached hydrogens (tertiary/aromatic N) is 3. The Balaban J connectivity index is 1.49. The minimum atomic E-state index is 0.631. The summed E-state index contributed by atoms with van der Waals surface area (Å²) < 4.78 is 2.20. The molecule has 0 amide bonds. The van der Waals surface area contributed by atoms with Crippen molar-refractivity contribution in [2.75, 3.05) is 13.1 Å². The van der Waals surface area contributed by atoms with Crippen LogP contribution in [-0.2, 0) is 0 Å². The van der Waals surface area contributed by atoms with Crippen molar-refractivity contribution in [1.82, 2.24) is 14.7 Å². The third-order valence-electron chi connectivity index (χ3n) is 5.51. The van der Waals surface area contributed by atoms with Gasteiger partial charge in [-0.3, -0.25) is 4.68 Å². The monoisotopic (exact) mass is 275 g/mol. The third kappa shape index (κ3) is 3.08. The average Bonchev–Trinajstić information content (AvgIpc) is 2.94. The molecule has 1 saturated heterocycles. The van der Waals surface area contributed by atoms with Crippen LogP contribution in [0.5, 0.6) is 0 Å². The Bertz CT molecular complexity index is 410. The zero-order valence-electron chi connectivity index (χ0n) is 13.1. The van der Waals surface area contributed by atoms with Crippen LogP contribution in [0.4, 0.5) is 0 Å². The molecule has 0 spiro atoms. The van der Waals surface area contributed by atoms with E-state index >= 15 is 0 Å². The molecule has 1 aliphatic carbocycles. The van der Waals surface area contributed by atoms with Gasteiger partial charge in [0.2, 0.25) is 0 Å². The van der Waals surface area contributed by atoms with Crippen LogP contribution >= 0.6 is 0 Å². The first-order valence-electron chi connectivity index (χ1n) is 8.51. The van der Waals surface area contributed by atoms with Gasteiger partial charge in [0.05, 0.1) is 12.2 Å². The summed E-state index contributed by atoms with van der Waals surface area (Å²) >= 11 is 0. The molecule has 3 nitrogen and oxygen atoms in total. The third-order valence-corrected chi connectivity index (χ3v) is 5.51. The molecule has 1 saturated carbocycles. The highest BCUT2D eigenvalue weighted by atomic mass is 15.3. The highest BCUT2D eigenvalue weighted by Gasteiger charge is 2.29. The Labute approximate surface area is 123 Å². The van der Waals surface area contributed by atoms with Crippen LogP contribution < -0.4 is 0 Å². The summed E-state index contributed by atoms with van der Waals surface area (Å²) in [6.45, 7) is 7.02. The van der Waals surface area contributed by atoms with Gasteiger partial charge in [0, 0.05) is 25.3 Å². The van der Waals surface area contributed by atoms with Gasteiger partial charge in [0.1, 0.15) is 0 Å². The molecule has 2 heterocycles. The number of likely N-dealkylation sites (tertiary alicyclic amines) is 1. The van der Waals surface area contributed by atoms with Crippen LogP contribution in [0.2, 0.25) is 0 Å². The maximum Gasteiger partial charge on any atom is 0.0543 e. The van der Waals surface area contributed by atoms with Gasteiger partial charge in [-0.15, -0.1) is 0 Å². The van der Waals surface area contributed by atoms with Crippen LogP contribution in [0.25, 0.3) is 0 Å². The summed E-state index contributed by atoms with van der Waals surface area (Å²) in [6.07, 6.45) is 13.9. The van der Waals surface area contributed by atoms with Crippen molar-refractivity contribution in [2.24, 2.45) is 5.92 Å². The predicted octanol–water partition coefficient (Wildman–Crippen LogP) is 3.80. The molecule has 3 rings (SSSR count). The smallest absolute Gasteiger partial charge is 0.0543 e. The van der Waals surface area contributed by atoms with Gasteiger partial charge in [-0.05, 0) is 56.9 Å². The second kappa shape index (κ2) is 6.30. The maximum absolute atomic E-state index is 4.50. The quantitative estimate of drug-likeness (QED) is 0.836. The van der Waals surface area contributed by atoms with Crippen LogP contribution in [0.15, 0.2) is 12.4 Å². The van der Waals surface area contributed by atoms with E-state index in [9.17, 15) is 0 Å². The van der Waals surface area contributed by atoms with E-state index in [2.05, 4.69) is 34.7 Å². The van der Waals surface area contributed by atoms with Crippen molar-refractivity contribution in [2.45, 2.75) is 70.9 Å². The lowest BCUT2D eigenvalue weighted by molar-refractivity contribution is 0.0932. The Morgan fingerprint density at radius 1 is 1.05 bits per heavy atom. The summed E-state index contributed by atoms with van der Waals surface area (Å²) in [7, 11) is 0. The van der Waals surface area contributed by atoms with E-state index in [4.69, 9.17) is 0 Å². The largest absolute Gasteiger partial charge is 0.300 e. The normalized spacial score (nSPS) is 29.7. The second-order valence-electron chi connectivity index (χ2n) is 6.85. The summed E-state index contributed by atoms with van der Waals surface area (Å²) in [6, 6.07) is 1.50. The Morgan fingerprint density at radius 2 is 1.75 bits per heavy atom. The van der Waals surface area contributed by atoms with Crippen LogP contribution in [0.3, 0.4) is 0 Å². The highest BCUT2D eigenvalue weighted by molar-refractivity contribution is 5.01. The zero-order chi connectivity index (χ0) is 13.9. The molecule has 3 heteroatoms. The van der Waals surface area contributed by atoms with E-state index in [1.807, 2.05) is 6.20 Å². The molecule has 1 aromatic rings. The van der Waals surface area contributed by atoms with E-state index in [0.717, 1.165) is 12.0 Å². The van der Waals surface area contributed by atoms with E-state index in [1.54, 1.807) is 0 Å². The molecule has 0 atom stereocenters. The first-order valence-corrected chi connectivity index (χ1v) is 8.51. The molecule has 2 fully saturated rings. The van der Waals surface area contributed by atoms with Crippen molar-refractivity contribution in [3.63, 3.8) is 0 Å². The van der Waals surface area contributed by atoms with Gasteiger partial charge >= 0.3 is 0 Å². The van der Waals surface area contributed by atoms with Gasteiger partial charge in [-0.25, -0.2) is 0 Å². The van der Waals surface area contributed by atoms with E-state index in [1.165, 1.54) is 63.6 Å². The zero-order valence-corrected chi connectivity index (χ0v) is 13.1. The molecule has 112 valence electrons. The van der Waals surface area contributed by atoms with Gasteiger partial charge in [-0.2, -0.15) is 5.10 Å². The van der Waals surface area contributed by atoms with Gasteiger partial charge in [0.15, 0.2) is 0 Å². The Kier molecular flexibility index (Phi) is 4.45. The molecule has 0 bridgehead atoms. The van der Waals surface area contributed by atoms with Crippen LogP contribution in [0, 0.1) is 12.8 Å². The minimum Gasteiger partial charge on any atom is -0.300 e. The van der Waals surface area contributed by atoms with Crippen molar-refractivity contribution in [3.05, 3.63) is 18.0 Å². The highest BCUT2D eigenvalue weighted by Crippen LogP contribution is 2.32. The lowest BCUT2D eigenvalue weighted by Gasteiger charge is -2.40. The van der Waals surface area contributed by atoms with Crippen molar-refractivity contribution >= 4 is 0 Å². The minimum absolute atomic E-state index is 0.631. The number of aromatic nitrogens is 2. The molecule has 1 aliphatic heterocycles. The van der Waals surface area contributed by atoms with E-state index < -0.39 is 0 Å². The summed E-state index contributed by atoms with van der Waals surface area (Å²) in [4.78, 5) is 2.76. The summed E-state index contributed by atoms with van der Waals surface area (Å²) in [5.41, 5.74) is 1.28. The molecule has 1 aromatic heterocycles. The molecular formula is C17H29N3. The van der Waals surface area contributed by atoms with Crippen LogP contribution in [0.1, 0.15) is 63.5 Å². The fraction of sp³-hybridized carbons (Fsp3) is 0.824. The second-order valence-corrected chi connectivity index (χ2v) is 6.85.